The molecule has 0 saturated heterocycles. The standard InChI is InChI=1S/C11H12Cl2F3NO3S/c1-6(4-11(14,15)16)17-21(19,20)9-3-2-8(12)7(5-18)10(9)13/h2-3,6,17-18H,4-5H2,1H3. The first-order chi connectivity index (χ1) is 9.48. The van der Waals surface area contributed by atoms with Gasteiger partial charge in [0.15, 0.2) is 0 Å². The summed E-state index contributed by atoms with van der Waals surface area (Å²) in [6.45, 7) is 0.487. The number of alkyl halides is 3. The van der Waals surface area contributed by atoms with E-state index in [2.05, 4.69) is 0 Å². The number of halogens is 5. The van der Waals surface area contributed by atoms with E-state index in [1.165, 1.54) is 6.07 Å². The van der Waals surface area contributed by atoms with Gasteiger partial charge in [-0.15, -0.1) is 0 Å². The number of hydrogen-bond donors (Lipinski definition) is 2. The van der Waals surface area contributed by atoms with Gasteiger partial charge in [-0.2, -0.15) is 13.2 Å². The molecule has 1 aromatic carbocycles. The minimum atomic E-state index is -4.50. The minimum absolute atomic E-state index is 0.00955. The lowest BCUT2D eigenvalue weighted by Crippen LogP contribution is -2.36. The third-order valence-electron chi connectivity index (χ3n) is 2.49. The molecule has 0 aliphatic heterocycles. The molecule has 10 heteroatoms. The Balaban J connectivity index is 3.09. The van der Waals surface area contributed by atoms with Crippen LogP contribution >= 0.6 is 23.2 Å². The maximum atomic E-state index is 12.2. The highest BCUT2D eigenvalue weighted by molar-refractivity contribution is 7.89. The predicted octanol–water partition coefficient (Wildman–Crippen LogP) is 3.10. The van der Waals surface area contributed by atoms with Gasteiger partial charge in [-0.25, -0.2) is 13.1 Å². The van der Waals surface area contributed by atoms with E-state index in [-0.39, 0.29) is 15.6 Å². The summed E-state index contributed by atoms with van der Waals surface area (Å²) in [5.41, 5.74) is -0.00955. The third kappa shape index (κ3) is 5.00. The first-order valence-corrected chi connectivity index (χ1v) is 7.88. The van der Waals surface area contributed by atoms with Crippen molar-refractivity contribution >= 4 is 33.2 Å². The quantitative estimate of drug-likeness (QED) is 0.842. The van der Waals surface area contributed by atoms with E-state index in [0.29, 0.717) is 0 Å². The van der Waals surface area contributed by atoms with E-state index < -0.39 is 40.2 Å². The van der Waals surface area contributed by atoms with Crippen LogP contribution < -0.4 is 4.72 Å². The van der Waals surface area contributed by atoms with E-state index in [0.717, 1.165) is 13.0 Å². The molecule has 0 aliphatic carbocycles. The normalized spacial score (nSPS) is 14.2. The molecular weight excluding hydrogens is 354 g/mol. The van der Waals surface area contributed by atoms with Gasteiger partial charge in [0.05, 0.1) is 18.1 Å². The molecule has 2 N–H and O–H groups in total. The molecule has 0 aromatic heterocycles. The summed E-state index contributed by atoms with van der Waals surface area (Å²) in [5.74, 6) is 0. The van der Waals surface area contributed by atoms with Gasteiger partial charge in [0.25, 0.3) is 0 Å². The molecule has 1 rings (SSSR count). The van der Waals surface area contributed by atoms with Crippen LogP contribution in [-0.4, -0.2) is 25.7 Å². The molecule has 0 aliphatic rings. The Morgan fingerprint density at radius 3 is 2.38 bits per heavy atom. The number of sulfonamides is 1. The van der Waals surface area contributed by atoms with Crippen molar-refractivity contribution in [1.29, 1.82) is 0 Å². The van der Waals surface area contributed by atoms with Gasteiger partial charge < -0.3 is 5.11 Å². The van der Waals surface area contributed by atoms with Crippen LogP contribution in [0.5, 0.6) is 0 Å². The van der Waals surface area contributed by atoms with Gasteiger partial charge in [-0.1, -0.05) is 23.2 Å². The molecule has 1 unspecified atom stereocenters. The van der Waals surface area contributed by atoms with Crippen LogP contribution in [-0.2, 0) is 16.6 Å². The molecule has 1 atom stereocenters. The van der Waals surface area contributed by atoms with Crippen LogP contribution in [0.15, 0.2) is 17.0 Å². The summed E-state index contributed by atoms with van der Waals surface area (Å²) in [7, 11) is -4.26. The SMILES string of the molecule is CC(CC(F)(F)F)NS(=O)(=O)c1ccc(Cl)c(CO)c1Cl. The smallest absolute Gasteiger partial charge is 0.390 e. The van der Waals surface area contributed by atoms with Gasteiger partial charge in [-0.05, 0) is 19.1 Å². The number of aliphatic hydroxyl groups is 1. The summed E-state index contributed by atoms with van der Waals surface area (Å²) in [4.78, 5) is -0.438. The largest absolute Gasteiger partial charge is 0.392 e. The van der Waals surface area contributed by atoms with Crippen molar-refractivity contribution in [1.82, 2.24) is 4.72 Å². The average Bonchev–Trinajstić information content (AvgIpc) is 2.25. The lowest BCUT2D eigenvalue weighted by atomic mass is 10.2. The topological polar surface area (TPSA) is 66.4 Å². The molecule has 21 heavy (non-hydrogen) atoms. The zero-order chi connectivity index (χ0) is 16.4. The minimum Gasteiger partial charge on any atom is -0.392 e. The Hall–Kier alpha value is -0.540. The van der Waals surface area contributed by atoms with Crippen molar-refractivity contribution in [3.05, 3.63) is 27.7 Å². The molecular formula is C11H12Cl2F3NO3S. The fraction of sp³-hybridized carbons (Fsp3) is 0.455. The van der Waals surface area contributed by atoms with Crippen molar-refractivity contribution in [3.8, 4) is 0 Å². The number of benzene rings is 1. The van der Waals surface area contributed by atoms with Crippen LogP contribution in [0.25, 0.3) is 0 Å². The second-order valence-corrected chi connectivity index (χ2v) is 6.81. The molecule has 0 spiro atoms. The highest BCUT2D eigenvalue weighted by Crippen LogP contribution is 2.31. The summed E-state index contributed by atoms with van der Waals surface area (Å²) < 4.78 is 62.6. The molecule has 0 bridgehead atoms. The lowest BCUT2D eigenvalue weighted by Gasteiger charge is -2.17. The maximum Gasteiger partial charge on any atom is 0.390 e. The third-order valence-corrected chi connectivity index (χ3v) is 5.02. The van der Waals surface area contributed by atoms with Crippen LogP contribution in [0.4, 0.5) is 13.2 Å². The Morgan fingerprint density at radius 1 is 1.33 bits per heavy atom. The van der Waals surface area contributed by atoms with Crippen molar-refractivity contribution in [2.24, 2.45) is 0 Å². The van der Waals surface area contributed by atoms with Crippen molar-refractivity contribution < 1.29 is 26.7 Å². The Labute approximate surface area is 129 Å². The monoisotopic (exact) mass is 365 g/mol. The van der Waals surface area contributed by atoms with Gasteiger partial charge in [-0.3, -0.25) is 0 Å². The second kappa shape index (κ2) is 6.70. The highest BCUT2D eigenvalue weighted by atomic mass is 35.5. The van der Waals surface area contributed by atoms with Crippen LogP contribution in [0.1, 0.15) is 18.9 Å². The number of hydrogen-bond acceptors (Lipinski definition) is 3. The van der Waals surface area contributed by atoms with Gasteiger partial charge in [0, 0.05) is 16.6 Å². The van der Waals surface area contributed by atoms with Crippen molar-refractivity contribution in [2.45, 2.75) is 37.1 Å². The zero-order valence-electron chi connectivity index (χ0n) is 10.7. The molecule has 0 amide bonds. The lowest BCUT2D eigenvalue weighted by molar-refractivity contribution is -0.137. The van der Waals surface area contributed by atoms with E-state index >= 15 is 0 Å². The van der Waals surface area contributed by atoms with Crippen LogP contribution in [0, 0.1) is 0 Å². The predicted molar refractivity (Wildman–Crippen MR) is 72.8 cm³/mol. The van der Waals surface area contributed by atoms with Crippen molar-refractivity contribution in [3.63, 3.8) is 0 Å². The zero-order valence-corrected chi connectivity index (χ0v) is 13.0. The molecule has 0 heterocycles. The molecule has 1 aromatic rings. The Morgan fingerprint density at radius 2 is 1.90 bits per heavy atom. The summed E-state index contributed by atoms with van der Waals surface area (Å²) in [5, 5.41) is 8.83. The molecule has 120 valence electrons. The number of nitrogens with one attached hydrogen (secondary N) is 1. The molecule has 0 radical (unpaired) electrons. The van der Waals surface area contributed by atoms with Gasteiger partial charge >= 0.3 is 6.18 Å². The fourth-order valence-corrected chi connectivity index (χ4v) is 3.79. The second-order valence-electron chi connectivity index (χ2n) is 4.34. The fourth-order valence-electron chi connectivity index (χ4n) is 1.65. The summed E-state index contributed by atoms with van der Waals surface area (Å²) >= 11 is 11.6. The van der Waals surface area contributed by atoms with E-state index in [4.69, 9.17) is 28.3 Å². The summed E-state index contributed by atoms with van der Waals surface area (Å²) in [6.07, 6.45) is -5.81. The molecule has 0 saturated carbocycles. The van der Waals surface area contributed by atoms with Gasteiger partial charge in [0.1, 0.15) is 4.90 Å². The van der Waals surface area contributed by atoms with Crippen molar-refractivity contribution in [2.75, 3.05) is 0 Å². The van der Waals surface area contributed by atoms with E-state index in [9.17, 15) is 21.6 Å². The average molecular weight is 366 g/mol. The Bertz CT molecular complexity index is 620. The van der Waals surface area contributed by atoms with Gasteiger partial charge in [0.2, 0.25) is 10.0 Å². The summed E-state index contributed by atoms with van der Waals surface area (Å²) in [6, 6.07) is 0.897. The molecule has 4 nitrogen and oxygen atoms in total. The Kier molecular flexibility index (Phi) is 5.91. The maximum absolute atomic E-state index is 12.2. The number of aliphatic hydroxyl groups excluding tert-OH is 1. The molecule has 0 fully saturated rings. The van der Waals surface area contributed by atoms with Crippen LogP contribution in [0.3, 0.4) is 0 Å². The van der Waals surface area contributed by atoms with E-state index in [1.807, 2.05) is 4.72 Å². The highest BCUT2D eigenvalue weighted by Gasteiger charge is 2.32. The first kappa shape index (κ1) is 18.5. The first-order valence-electron chi connectivity index (χ1n) is 5.64. The van der Waals surface area contributed by atoms with Crippen LogP contribution in [0.2, 0.25) is 10.0 Å². The van der Waals surface area contributed by atoms with E-state index in [1.54, 1.807) is 0 Å². The number of rotatable bonds is 5.